The van der Waals surface area contributed by atoms with Crippen LogP contribution >= 0.6 is 0 Å². The Morgan fingerprint density at radius 1 is 1.45 bits per heavy atom. The van der Waals surface area contributed by atoms with Gasteiger partial charge < -0.3 is 9.14 Å². The first-order valence-corrected chi connectivity index (χ1v) is 7.68. The molecule has 3 rings (SSSR count). The fourth-order valence-corrected chi connectivity index (χ4v) is 2.97. The number of ether oxygens (including phenoxy) is 1. The Kier molecular flexibility index (Phi) is 4.38. The molecule has 1 aliphatic rings. The molecule has 0 amide bonds. The molecule has 0 spiro atoms. The van der Waals surface area contributed by atoms with E-state index in [1.165, 1.54) is 12.3 Å². The molecule has 2 aromatic heterocycles. The molecule has 0 aliphatic carbocycles. The zero-order chi connectivity index (χ0) is 15.5. The van der Waals surface area contributed by atoms with Crippen LogP contribution in [0.2, 0.25) is 0 Å². The number of imidazole rings is 1. The molecular weight excluding hydrogens is 285 g/mol. The van der Waals surface area contributed by atoms with Crippen molar-refractivity contribution in [1.82, 2.24) is 14.3 Å². The first-order valence-electron chi connectivity index (χ1n) is 7.68. The summed E-state index contributed by atoms with van der Waals surface area (Å²) in [4.78, 5) is 18.6. The summed E-state index contributed by atoms with van der Waals surface area (Å²) in [5, 5.41) is 0. The molecule has 1 aliphatic heterocycles. The van der Waals surface area contributed by atoms with Gasteiger partial charge in [-0.15, -0.1) is 0 Å². The molecule has 22 heavy (non-hydrogen) atoms. The topological polar surface area (TPSA) is 46.8 Å². The predicted octanol–water partition coefficient (Wildman–Crippen LogP) is 2.25. The molecule has 1 saturated heterocycles. The van der Waals surface area contributed by atoms with Crippen molar-refractivity contribution in [3.63, 3.8) is 0 Å². The Morgan fingerprint density at radius 3 is 3.14 bits per heavy atom. The molecule has 1 fully saturated rings. The highest BCUT2D eigenvalue weighted by Gasteiger charge is 2.27. The van der Waals surface area contributed by atoms with Gasteiger partial charge in [0, 0.05) is 25.5 Å². The third kappa shape index (κ3) is 3.27. The number of fused-ring (bicyclic) bond motifs is 1. The van der Waals surface area contributed by atoms with E-state index in [1.807, 2.05) is 13.1 Å². The van der Waals surface area contributed by atoms with Gasteiger partial charge in [0.1, 0.15) is 11.5 Å². The number of esters is 1. The second-order valence-electron chi connectivity index (χ2n) is 5.67. The summed E-state index contributed by atoms with van der Waals surface area (Å²) in [5.41, 5.74) is 1.62. The maximum absolute atomic E-state index is 13.2. The summed E-state index contributed by atoms with van der Waals surface area (Å²) in [5.74, 6) is -0.441. The summed E-state index contributed by atoms with van der Waals surface area (Å²) in [6.07, 6.45) is 5.12. The van der Waals surface area contributed by atoms with Gasteiger partial charge in [0.05, 0.1) is 18.2 Å². The van der Waals surface area contributed by atoms with Crippen LogP contribution in [0, 0.1) is 11.7 Å². The molecule has 5 nitrogen and oxygen atoms in total. The highest BCUT2D eigenvalue weighted by Crippen LogP contribution is 2.20. The van der Waals surface area contributed by atoms with Gasteiger partial charge in [-0.05, 0) is 38.4 Å². The molecule has 0 bridgehead atoms. The van der Waals surface area contributed by atoms with E-state index in [2.05, 4.69) is 9.88 Å². The molecule has 0 radical (unpaired) electrons. The highest BCUT2D eigenvalue weighted by molar-refractivity contribution is 5.72. The third-order valence-corrected chi connectivity index (χ3v) is 3.98. The van der Waals surface area contributed by atoms with Gasteiger partial charge in [-0.3, -0.25) is 9.69 Å². The quantitative estimate of drug-likeness (QED) is 0.813. The SMILES string of the molecule is CCOC(=O)[C@@H]1CCCN(Cc2cn3cc(F)ccc3n2)C1. The summed E-state index contributed by atoms with van der Waals surface area (Å²) in [7, 11) is 0. The van der Waals surface area contributed by atoms with E-state index < -0.39 is 0 Å². The standard InChI is InChI=1S/C16H20FN3O2/c1-2-22-16(21)12-4-3-7-19(8-12)10-14-11-20-9-13(17)5-6-15(20)18-14/h5-6,9,11-12H,2-4,7-8,10H2,1H3/t12-/m1/s1. The molecule has 0 saturated carbocycles. The van der Waals surface area contributed by atoms with E-state index in [1.54, 1.807) is 10.5 Å². The number of halogens is 1. The van der Waals surface area contributed by atoms with Crippen molar-refractivity contribution < 1.29 is 13.9 Å². The number of hydrogen-bond donors (Lipinski definition) is 0. The number of aromatic nitrogens is 2. The lowest BCUT2D eigenvalue weighted by Gasteiger charge is -2.30. The maximum atomic E-state index is 13.2. The average Bonchev–Trinajstić information content (AvgIpc) is 2.89. The molecule has 2 aromatic rings. The summed E-state index contributed by atoms with van der Waals surface area (Å²) < 4.78 is 20.0. The van der Waals surface area contributed by atoms with Crippen LogP contribution in [-0.2, 0) is 16.1 Å². The van der Waals surface area contributed by atoms with Crippen LogP contribution in [0.15, 0.2) is 24.5 Å². The van der Waals surface area contributed by atoms with Crippen LogP contribution in [0.3, 0.4) is 0 Å². The Bertz CT molecular complexity index is 670. The van der Waals surface area contributed by atoms with Gasteiger partial charge >= 0.3 is 5.97 Å². The maximum Gasteiger partial charge on any atom is 0.310 e. The number of nitrogens with zero attached hydrogens (tertiary/aromatic N) is 3. The van der Waals surface area contributed by atoms with E-state index in [0.717, 1.165) is 30.7 Å². The Morgan fingerprint density at radius 2 is 2.32 bits per heavy atom. The minimum absolute atomic E-state index is 0.0526. The second kappa shape index (κ2) is 6.44. The van der Waals surface area contributed by atoms with E-state index in [4.69, 9.17) is 4.74 Å². The zero-order valence-electron chi connectivity index (χ0n) is 12.7. The highest BCUT2D eigenvalue weighted by atomic mass is 19.1. The number of hydrogen-bond acceptors (Lipinski definition) is 4. The number of carbonyl (C=O) groups excluding carboxylic acids is 1. The molecule has 6 heteroatoms. The third-order valence-electron chi connectivity index (χ3n) is 3.98. The average molecular weight is 305 g/mol. The van der Waals surface area contributed by atoms with Crippen LogP contribution in [0.1, 0.15) is 25.5 Å². The fraction of sp³-hybridized carbons (Fsp3) is 0.500. The van der Waals surface area contributed by atoms with Crippen molar-refractivity contribution in [3.8, 4) is 0 Å². The largest absolute Gasteiger partial charge is 0.466 e. The summed E-state index contributed by atoms with van der Waals surface area (Å²) in [6, 6.07) is 3.07. The van der Waals surface area contributed by atoms with Crippen molar-refractivity contribution in [2.45, 2.75) is 26.3 Å². The van der Waals surface area contributed by atoms with Gasteiger partial charge in [0.2, 0.25) is 0 Å². The molecular formula is C16H20FN3O2. The Labute approximate surface area is 128 Å². The lowest BCUT2D eigenvalue weighted by Crippen LogP contribution is -2.39. The number of pyridine rings is 1. The second-order valence-corrected chi connectivity index (χ2v) is 5.67. The first-order chi connectivity index (χ1) is 10.7. The van der Waals surface area contributed by atoms with Crippen LogP contribution in [0.5, 0.6) is 0 Å². The van der Waals surface area contributed by atoms with Crippen molar-refractivity contribution in [3.05, 3.63) is 36.0 Å². The first kappa shape index (κ1) is 15.0. The monoisotopic (exact) mass is 305 g/mol. The Balaban J connectivity index is 1.67. The number of likely N-dealkylation sites (tertiary alicyclic amines) is 1. The number of rotatable bonds is 4. The normalized spacial score (nSPS) is 19.5. The molecule has 0 N–H and O–H groups in total. The summed E-state index contributed by atoms with van der Waals surface area (Å²) >= 11 is 0. The molecule has 1 atom stereocenters. The van der Waals surface area contributed by atoms with E-state index in [9.17, 15) is 9.18 Å². The lowest BCUT2D eigenvalue weighted by atomic mass is 9.98. The lowest BCUT2D eigenvalue weighted by molar-refractivity contribution is -0.150. The number of carbonyl (C=O) groups is 1. The smallest absolute Gasteiger partial charge is 0.310 e. The van der Waals surface area contributed by atoms with E-state index >= 15 is 0 Å². The summed E-state index contributed by atoms with van der Waals surface area (Å²) in [6.45, 7) is 4.56. The molecule has 118 valence electrons. The van der Waals surface area contributed by atoms with Crippen molar-refractivity contribution in [1.29, 1.82) is 0 Å². The van der Waals surface area contributed by atoms with Gasteiger partial charge in [-0.25, -0.2) is 9.37 Å². The van der Waals surface area contributed by atoms with E-state index in [0.29, 0.717) is 19.7 Å². The fourth-order valence-electron chi connectivity index (χ4n) is 2.97. The zero-order valence-corrected chi connectivity index (χ0v) is 12.7. The molecule has 0 aromatic carbocycles. The van der Waals surface area contributed by atoms with Gasteiger partial charge in [-0.1, -0.05) is 0 Å². The van der Waals surface area contributed by atoms with Crippen LogP contribution in [-0.4, -0.2) is 40.0 Å². The van der Waals surface area contributed by atoms with Crippen molar-refractivity contribution >= 4 is 11.6 Å². The van der Waals surface area contributed by atoms with Crippen molar-refractivity contribution in [2.24, 2.45) is 5.92 Å². The van der Waals surface area contributed by atoms with Crippen molar-refractivity contribution in [2.75, 3.05) is 19.7 Å². The van der Waals surface area contributed by atoms with E-state index in [-0.39, 0.29) is 17.7 Å². The van der Waals surface area contributed by atoms with Gasteiger partial charge in [0.15, 0.2) is 0 Å². The number of piperidine rings is 1. The minimum atomic E-state index is -0.281. The Hall–Kier alpha value is -1.95. The predicted molar refractivity (Wildman–Crippen MR) is 79.8 cm³/mol. The van der Waals surface area contributed by atoms with Gasteiger partial charge in [0.25, 0.3) is 0 Å². The van der Waals surface area contributed by atoms with Crippen LogP contribution < -0.4 is 0 Å². The van der Waals surface area contributed by atoms with Crippen LogP contribution in [0.4, 0.5) is 4.39 Å². The molecule has 0 unspecified atom stereocenters. The van der Waals surface area contributed by atoms with Crippen LogP contribution in [0.25, 0.3) is 5.65 Å². The minimum Gasteiger partial charge on any atom is -0.466 e. The van der Waals surface area contributed by atoms with Gasteiger partial charge in [-0.2, -0.15) is 0 Å². The molecule has 3 heterocycles.